The molecule has 0 unspecified atom stereocenters. The molecular weight excluding hydrogens is 360 g/mol. The summed E-state index contributed by atoms with van der Waals surface area (Å²) >= 11 is 6.23. The maximum absolute atomic E-state index is 6.23. The fourth-order valence-electron chi connectivity index (χ4n) is 2.55. The van der Waals surface area contributed by atoms with Gasteiger partial charge in [-0.25, -0.2) is 4.98 Å². The molecule has 140 valence electrons. The second-order valence-corrected chi connectivity index (χ2v) is 7.58. The Morgan fingerprint density at radius 1 is 0.963 bits per heavy atom. The number of ether oxygens (including phenoxy) is 1. The van der Waals surface area contributed by atoms with Gasteiger partial charge in [-0.3, -0.25) is 0 Å². The van der Waals surface area contributed by atoms with Gasteiger partial charge in [-0.1, -0.05) is 41.9 Å². The smallest absolute Gasteiger partial charge is 0.225 e. The SMILES string of the molecule is COc1ccc(Nc2cc(-c3ccccc3)nc(NC(C)(C)C)n2)cc1Cl. The summed E-state index contributed by atoms with van der Waals surface area (Å²) in [6, 6.07) is 17.5. The van der Waals surface area contributed by atoms with Gasteiger partial charge in [0.15, 0.2) is 0 Å². The highest BCUT2D eigenvalue weighted by Gasteiger charge is 2.14. The highest BCUT2D eigenvalue weighted by atomic mass is 35.5. The van der Waals surface area contributed by atoms with E-state index in [2.05, 4.69) is 41.4 Å². The van der Waals surface area contributed by atoms with Crippen LogP contribution in [-0.4, -0.2) is 22.6 Å². The van der Waals surface area contributed by atoms with Gasteiger partial charge in [0, 0.05) is 22.9 Å². The Morgan fingerprint density at radius 2 is 1.70 bits per heavy atom. The van der Waals surface area contributed by atoms with Gasteiger partial charge in [0.1, 0.15) is 11.6 Å². The minimum Gasteiger partial charge on any atom is -0.495 e. The molecule has 0 amide bonds. The molecule has 1 heterocycles. The molecule has 0 radical (unpaired) electrons. The quantitative estimate of drug-likeness (QED) is 0.587. The lowest BCUT2D eigenvalue weighted by Gasteiger charge is -2.21. The molecule has 0 aliphatic carbocycles. The summed E-state index contributed by atoms with van der Waals surface area (Å²) in [5.41, 5.74) is 2.52. The van der Waals surface area contributed by atoms with Crippen molar-refractivity contribution in [1.29, 1.82) is 0 Å². The number of rotatable bonds is 5. The molecule has 3 rings (SSSR count). The van der Waals surface area contributed by atoms with E-state index < -0.39 is 0 Å². The first kappa shape index (κ1) is 19.0. The van der Waals surface area contributed by atoms with Crippen LogP contribution in [0.4, 0.5) is 17.5 Å². The van der Waals surface area contributed by atoms with E-state index in [1.807, 2.05) is 54.6 Å². The van der Waals surface area contributed by atoms with E-state index in [4.69, 9.17) is 16.3 Å². The van der Waals surface area contributed by atoms with E-state index in [9.17, 15) is 0 Å². The minimum absolute atomic E-state index is 0.157. The lowest BCUT2D eigenvalue weighted by Crippen LogP contribution is -2.27. The standard InChI is InChI=1S/C21H23ClN4O/c1-21(2,3)26-20-24-17(14-8-6-5-7-9-14)13-19(25-20)23-15-10-11-18(27-4)16(22)12-15/h5-13H,1-4H3,(H2,23,24,25,26). The number of halogens is 1. The Morgan fingerprint density at radius 3 is 2.33 bits per heavy atom. The van der Waals surface area contributed by atoms with Crippen molar-refractivity contribution in [1.82, 2.24) is 9.97 Å². The van der Waals surface area contributed by atoms with E-state index in [0.29, 0.717) is 22.5 Å². The zero-order chi connectivity index (χ0) is 19.4. The maximum atomic E-state index is 6.23. The molecule has 6 heteroatoms. The molecule has 0 aliphatic rings. The largest absolute Gasteiger partial charge is 0.495 e. The molecule has 0 bridgehead atoms. The number of methoxy groups -OCH3 is 1. The summed E-state index contributed by atoms with van der Waals surface area (Å²) < 4.78 is 5.21. The van der Waals surface area contributed by atoms with Crippen molar-refractivity contribution in [3.8, 4) is 17.0 Å². The lowest BCUT2D eigenvalue weighted by molar-refractivity contribution is 0.415. The fraction of sp³-hybridized carbons (Fsp3) is 0.238. The molecular formula is C21H23ClN4O. The van der Waals surface area contributed by atoms with Crippen LogP contribution in [0.2, 0.25) is 5.02 Å². The lowest BCUT2D eigenvalue weighted by atomic mass is 10.1. The molecule has 5 nitrogen and oxygen atoms in total. The Hall–Kier alpha value is -2.79. The van der Waals surface area contributed by atoms with Crippen LogP contribution in [0.15, 0.2) is 54.6 Å². The van der Waals surface area contributed by atoms with Crippen LogP contribution in [-0.2, 0) is 0 Å². The zero-order valence-corrected chi connectivity index (χ0v) is 16.6. The summed E-state index contributed by atoms with van der Waals surface area (Å²) in [7, 11) is 1.59. The number of hydrogen-bond donors (Lipinski definition) is 2. The molecule has 0 fully saturated rings. The van der Waals surface area contributed by atoms with E-state index in [-0.39, 0.29) is 5.54 Å². The number of nitrogens with one attached hydrogen (secondary N) is 2. The number of nitrogens with zero attached hydrogens (tertiary/aromatic N) is 2. The van der Waals surface area contributed by atoms with E-state index in [0.717, 1.165) is 16.9 Å². The van der Waals surface area contributed by atoms with E-state index in [1.54, 1.807) is 7.11 Å². The normalized spacial score (nSPS) is 11.1. The highest BCUT2D eigenvalue weighted by Crippen LogP contribution is 2.30. The van der Waals surface area contributed by atoms with Crippen LogP contribution >= 0.6 is 11.6 Å². The number of hydrogen-bond acceptors (Lipinski definition) is 5. The van der Waals surface area contributed by atoms with Crippen LogP contribution in [0.25, 0.3) is 11.3 Å². The third-order valence-corrected chi connectivity index (χ3v) is 4.00. The Balaban J connectivity index is 1.98. The second kappa shape index (κ2) is 7.84. The molecule has 3 aromatic rings. The van der Waals surface area contributed by atoms with Gasteiger partial charge in [0.25, 0.3) is 0 Å². The number of anilines is 3. The molecule has 0 atom stereocenters. The molecule has 0 saturated carbocycles. The van der Waals surface area contributed by atoms with Crippen LogP contribution in [0.5, 0.6) is 5.75 Å². The maximum Gasteiger partial charge on any atom is 0.225 e. The summed E-state index contributed by atoms with van der Waals surface area (Å²) in [6.45, 7) is 6.21. The Labute approximate surface area is 164 Å². The van der Waals surface area contributed by atoms with Crippen molar-refractivity contribution in [3.05, 3.63) is 59.6 Å². The zero-order valence-electron chi connectivity index (χ0n) is 15.9. The van der Waals surface area contributed by atoms with Crippen molar-refractivity contribution < 1.29 is 4.74 Å². The first-order valence-electron chi connectivity index (χ1n) is 8.67. The topological polar surface area (TPSA) is 59.1 Å². The summed E-state index contributed by atoms with van der Waals surface area (Å²) in [5.74, 6) is 1.87. The van der Waals surface area contributed by atoms with Crippen molar-refractivity contribution in [3.63, 3.8) is 0 Å². The molecule has 2 N–H and O–H groups in total. The monoisotopic (exact) mass is 382 g/mol. The van der Waals surface area contributed by atoms with Crippen molar-refractivity contribution in [2.75, 3.05) is 17.7 Å². The molecule has 2 aromatic carbocycles. The van der Waals surface area contributed by atoms with Gasteiger partial charge in [0.2, 0.25) is 5.95 Å². The van der Waals surface area contributed by atoms with Gasteiger partial charge in [-0.05, 0) is 39.0 Å². The highest BCUT2D eigenvalue weighted by molar-refractivity contribution is 6.32. The predicted octanol–water partition coefficient (Wildman–Crippen LogP) is 5.76. The molecule has 0 saturated heterocycles. The van der Waals surface area contributed by atoms with Gasteiger partial charge in [-0.15, -0.1) is 0 Å². The van der Waals surface area contributed by atoms with Crippen LogP contribution in [0.1, 0.15) is 20.8 Å². The first-order valence-corrected chi connectivity index (χ1v) is 9.05. The average Bonchev–Trinajstić information content (AvgIpc) is 2.61. The van der Waals surface area contributed by atoms with Gasteiger partial charge in [0.05, 0.1) is 17.8 Å². The third kappa shape index (κ3) is 5.11. The van der Waals surface area contributed by atoms with Crippen molar-refractivity contribution >= 4 is 29.1 Å². The van der Waals surface area contributed by atoms with Crippen molar-refractivity contribution in [2.24, 2.45) is 0 Å². The molecule has 0 aliphatic heterocycles. The number of aromatic nitrogens is 2. The summed E-state index contributed by atoms with van der Waals surface area (Å²) in [4.78, 5) is 9.27. The third-order valence-electron chi connectivity index (χ3n) is 3.71. The second-order valence-electron chi connectivity index (χ2n) is 7.18. The van der Waals surface area contributed by atoms with Gasteiger partial charge < -0.3 is 15.4 Å². The van der Waals surface area contributed by atoms with Crippen molar-refractivity contribution in [2.45, 2.75) is 26.3 Å². The Kier molecular flexibility index (Phi) is 5.51. The minimum atomic E-state index is -0.157. The molecule has 1 aromatic heterocycles. The van der Waals surface area contributed by atoms with Gasteiger partial charge in [-0.2, -0.15) is 4.98 Å². The average molecular weight is 383 g/mol. The van der Waals surface area contributed by atoms with E-state index >= 15 is 0 Å². The predicted molar refractivity (Wildman–Crippen MR) is 112 cm³/mol. The molecule has 0 spiro atoms. The fourth-order valence-corrected chi connectivity index (χ4v) is 2.81. The van der Waals surface area contributed by atoms with Crippen LogP contribution in [0, 0.1) is 0 Å². The van der Waals surface area contributed by atoms with Crippen LogP contribution < -0.4 is 15.4 Å². The van der Waals surface area contributed by atoms with Gasteiger partial charge >= 0.3 is 0 Å². The van der Waals surface area contributed by atoms with Crippen LogP contribution in [0.3, 0.4) is 0 Å². The summed E-state index contributed by atoms with van der Waals surface area (Å²) in [5, 5.41) is 7.18. The summed E-state index contributed by atoms with van der Waals surface area (Å²) in [6.07, 6.45) is 0. The van der Waals surface area contributed by atoms with E-state index in [1.165, 1.54) is 0 Å². The molecule has 27 heavy (non-hydrogen) atoms. The first-order chi connectivity index (χ1) is 12.8. The Bertz CT molecular complexity index is 923. The number of benzene rings is 2.